The molecule has 0 aromatic rings. The third kappa shape index (κ3) is 6.10. The molecule has 0 aromatic carbocycles. The molecule has 3 N–H and O–H groups in total. The molecule has 186 valence electrons. The summed E-state index contributed by atoms with van der Waals surface area (Å²) >= 11 is 0. The molecule has 7 atom stereocenters. The van der Waals surface area contributed by atoms with E-state index in [0.29, 0.717) is 41.9 Å². The van der Waals surface area contributed by atoms with Gasteiger partial charge in [0.15, 0.2) is 0 Å². The second kappa shape index (κ2) is 11.5. The average Bonchev–Trinajstić information content (AvgIpc) is 3.14. The minimum Gasteiger partial charge on any atom is -0.393 e. The van der Waals surface area contributed by atoms with E-state index in [1.165, 1.54) is 31.3 Å². The molecule has 0 bridgehead atoms. The Bertz CT molecular complexity index is 759. The topological polar surface area (TPSA) is 60.7 Å². The Kier molecular flexibility index (Phi) is 9.23. The highest BCUT2D eigenvalue weighted by Gasteiger charge is 2.50. The maximum atomic E-state index is 10.5. The summed E-state index contributed by atoms with van der Waals surface area (Å²) in [4.78, 5) is 0. The van der Waals surface area contributed by atoms with Crippen molar-refractivity contribution in [1.82, 2.24) is 0 Å². The molecule has 33 heavy (non-hydrogen) atoms. The highest BCUT2D eigenvalue weighted by atomic mass is 16.3. The summed E-state index contributed by atoms with van der Waals surface area (Å²) in [6.07, 6.45) is 17.6. The Balaban J connectivity index is 1.70. The van der Waals surface area contributed by atoms with Crippen LogP contribution in [-0.4, -0.2) is 33.6 Å². The van der Waals surface area contributed by atoms with E-state index >= 15 is 0 Å². The molecule has 3 saturated carbocycles. The lowest BCUT2D eigenvalue weighted by Gasteiger charge is -2.44. The van der Waals surface area contributed by atoms with Crippen molar-refractivity contribution in [2.45, 2.75) is 110 Å². The molecular weight excluding hydrogens is 408 g/mol. The zero-order valence-electron chi connectivity index (χ0n) is 21.5. The van der Waals surface area contributed by atoms with Crippen molar-refractivity contribution < 1.29 is 15.3 Å². The van der Waals surface area contributed by atoms with Gasteiger partial charge in [-0.2, -0.15) is 0 Å². The zero-order valence-corrected chi connectivity index (χ0v) is 21.5. The Morgan fingerprint density at radius 2 is 1.85 bits per heavy atom. The third-order valence-electron chi connectivity index (χ3n) is 9.30. The summed E-state index contributed by atoms with van der Waals surface area (Å²) in [6, 6.07) is 0. The maximum absolute atomic E-state index is 10.5. The molecule has 0 radical (unpaired) electrons. The fraction of sp³-hybridized carbons (Fsp3) is 0.733. The first kappa shape index (κ1) is 26.4. The lowest BCUT2D eigenvalue weighted by Crippen LogP contribution is -2.35. The van der Waals surface area contributed by atoms with Crippen LogP contribution in [-0.2, 0) is 0 Å². The number of aliphatic hydroxyl groups excluding tert-OH is 3. The van der Waals surface area contributed by atoms with E-state index in [1.54, 1.807) is 0 Å². The third-order valence-corrected chi connectivity index (χ3v) is 9.30. The molecular formula is C30H48O3. The van der Waals surface area contributed by atoms with Gasteiger partial charge in [-0.3, -0.25) is 0 Å². The van der Waals surface area contributed by atoms with E-state index in [9.17, 15) is 15.3 Å². The molecule has 3 fully saturated rings. The van der Waals surface area contributed by atoms with Gasteiger partial charge in [0.05, 0.1) is 18.3 Å². The second-order valence-corrected chi connectivity index (χ2v) is 11.4. The Labute approximate surface area is 202 Å². The molecule has 0 aromatic heterocycles. The summed E-state index contributed by atoms with van der Waals surface area (Å²) in [7, 11) is 0. The van der Waals surface area contributed by atoms with Crippen molar-refractivity contribution in [2.24, 2.45) is 29.1 Å². The van der Waals surface area contributed by atoms with Gasteiger partial charge in [-0.05, 0) is 85.2 Å². The first-order valence-corrected chi connectivity index (χ1v) is 13.5. The van der Waals surface area contributed by atoms with E-state index in [0.717, 1.165) is 36.8 Å². The van der Waals surface area contributed by atoms with Crippen LogP contribution in [0.3, 0.4) is 0 Å². The van der Waals surface area contributed by atoms with Gasteiger partial charge in [0.1, 0.15) is 0 Å². The summed E-state index contributed by atoms with van der Waals surface area (Å²) < 4.78 is 0. The Hall–Kier alpha value is -1.16. The first-order chi connectivity index (χ1) is 15.7. The van der Waals surface area contributed by atoms with E-state index in [4.69, 9.17) is 0 Å². The van der Waals surface area contributed by atoms with E-state index < -0.39 is 12.2 Å². The van der Waals surface area contributed by atoms with Crippen LogP contribution in [0.25, 0.3) is 0 Å². The monoisotopic (exact) mass is 456 g/mol. The standard InChI is InChI=1S/C30H48O3/c1-6-22(7-2)17-25(31)13-10-20(3)27-14-15-28-23(9-8-16-30(27,28)5)11-12-24-18-26(32)19-29(33)21(24)4/h10-13,20,22,25-29,31-33H,4,6-9,14-19H2,1-3,5H3/t20-,25-,26-,27-,28+,29+,30-/m1/s1. The van der Waals surface area contributed by atoms with Gasteiger partial charge < -0.3 is 15.3 Å². The van der Waals surface area contributed by atoms with E-state index in [1.807, 2.05) is 0 Å². The molecule has 0 aliphatic heterocycles. The normalized spacial score (nSPS) is 37.3. The molecule has 3 heteroatoms. The van der Waals surface area contributed by atoms with Crippen molar-refractivity contribution in [1.29, 1.82) is 0 Å². The smallest absolute Gasteiger partial charge is 0.0811 e. The second-order valence-electron chi connectivity index (χ2n) is 11.4. The summed E-state index contributed by atoms with van der Waals surface area (Å²) in [5, 5.41) is 30.8. The van der Waals surface area contributed by atoms with Crippen molar-refractivity contribution in [3.8, 4) is 0 Å². The van der Waals surface area contributed by atoms with Crippen LogP contribution in [0.5, 0.6) is 0 Å². The first-order valence-electron chi connectivity index (χ1n) is 13.5. The van der Waals surface area contributed by atoms with Crippen LogP contribution in [0, 0.1) is 29.1 Å². The van der Waals surface area contributed by atoms with Crippen LogP contribution in [0.4, 0.5) is 0 Å². The number of fused-ring (bicyclic) bond motifs is 1. The summed E-state index contributed by atoms with van der Waals surface area (Å²) in [5.74, 6) is 2.32. The molecule has 3 aliphatic rings. The van der Waals surface area contributed by atoms with Gasteiger partial charge in [0.2, 0.25) is 0 Å². The van der Waals surface area contributed by atoms with Crippen LogP contribution < -0.4 is 0 Å². The van der Waals surface area contributed by atoms with Crippen LogP contribution in [0.2, 0.25) is 0 Å². The summed E-state index contributed by atoms with van der Waals surface area (Å²) in [5.41, 5.74) is 3.60. The summed E-state index contributed by atoms with van der Waals surface area (Å²) in [6.45, 7) is 13.3. The molecule has 0 heterocycles. The molecule has 3 nitrogen and oxygen atoms in total. The zero-order chi connectivity index (χ0) is 24.2. The minimum absolute atomic E-state index is 0.301. The largest absolute Gasteiger partial charge is 0.393 e. The van der Waals surface area contributed by atoms with Gasteiger partial charge in [0, 0.05) is 6.42 Å². The molecule has 3 aliphatic carbocycles. The highest BCUT2D eigenvalue weighted by molar-refractivity contribution is 5.38. The van der Waals surface area contributed by atoms with Crippen LogP contribution in [0.1, 0.15) is 91.9 Å². The predicted octanol–water partition coefficient (Wildman–Crippen LogP) is 6.51. The fourth-order valence-electron chi connectivity index (χ4n) is 7.09. The quantitative estimate of drug-likeness (QED) is 0.365. The number of hydrogen-bond acceptors (Lipinski definition) is 3. The van der Waals surface area contributed by atoms with Gasteiger partial charge in [-0.1, -0.05) is 77.0 Å². The molecule has 0 amide bonds. The van der Waals surface area contributed by atoms with Crippen molar-refractivity contribution >= 4 is 0 Å². The Morgan fingerprint density at radius 1 is 1.12 bits per heavy atom. The van der Waals surface area contributed by atoms with E-state index in [2.05, 4.69) is 58.6 Å². The Morgan fingerprint density at radius 3 is 2.55 bits per heavy atom. The number of aliphatic hydroxyl groups is 3. The molecule has 0 saturated heterocycles. The van der Waals surface area contributed by atoms with Crippen molar-refractivity contribution in [3.05, 3.63) is 47.6 Å². The molecule has 0 unspecified atom stereocenters. The van der Waals surface area contributed by atoms with Gasteiger partial charge in [-0.15, -0.1) is 0 Å². The highest BCUT2D eigenvalue weighted by Crippen LogP contribution is 2.59. The predicted molar refractivity (Wildman–Crippen MR) is 138 cm³/mol. The number of hydrogen-bond donors (Lipinski definition) is 3. The lowest BCUT2D eigenvalue weighted by atomic mass is 9.61. The van der Waals surface area contributed by atoms with Crippen molar-refractivity contribution in [2.75, 3.05) is 0 Å². The minimum atomic E-state index is -0.626. The van der Waals surface area contributed by atoms with Crippen LogP contribution >= 0.6 is 0 Å². The van der Waals surface area contributed by atoms with Gasteiger partial charge >= 0.3 is 0 Å². The van der Waals surface area contributed by atoms with Gasteiger partial charge in [0.25, 0.3) is 0 Å². The molecule has 3 rings (SSSR count). The van der Waals surface area contributed by atoms with Gasteiger partial charge in [-0.25, -0.2) is 0 Å². The number of rotatable bonds is 8. The maximum Gasteiger partial charge on any atom is 0.0811 e. The number of allylic oxidation sites excluding steroid dienone is 4. The average molecular weight is 457 g/mol. The SMILES string of the molecule is C=C1C(=CC=C2CCC[C@]3(C)[C@@H]([C@H](C)C=C[C@@H](O)CC(CC)CC)CC[C@@H]23)C[C@@H](O)C[C@@H]1O. The van der Waals surface area contributed by atoms with E-state index in [-0.39, 0.29) is 6.10 Å². The van der Waals surface area contributed by atoms with Crippen LogP contribution in [0.15, 0.2) is 47.6 Å². The lowest BCUT2D eigenvalue weighted by molar-refractivity contribution is 0.0862. The molecule has 0 spiro atoms. The fourth-order valence-corrected chi connectivity index (χ4v) is 7.09. The van der Waals surface area contributed by atoms with Crippen molar-refractivity contribution in [3.63, 3.8) is 0 Å².